The first-order chi connectivity index (χ1) is 7.54. The van der Waals surface area contributed by atoms with E-state index in [9.17, 15) is 8.42 Å². The van der Waals surface area contributed by atoms with Crippen molar-refractivity contribution in [3.05, 3.63) is 23.8 Å². The number of fused-ring (bicyclic) bond motifs is 1. The van der Waals surface area contributed by atoms with E-state index in [-0.39, 0.29) is 12.4 Å². The van der Waals surface area contributed by atoms with Crippen molar-refractivity contribution in [2.24, 2.45) is 0 Å². The predicted octanol–water partition coefficient (Wildman–Crippen LogP) is 1.57. The highest BCUT2D eigenvalue weighted by Crippen LogP contribution is 2.29. The third kappa shape index (κ3) is 3.02. The molecule has 0 N–H and O–H groups in total. The molecule has 0 atom stereocenters. The predicted molar refractivity (Wildman–Crippen MR) is 60.8 cm³/mol. The number of halogens is 1. The SMILES string of the molecule is O=S(=O)(Cl)CCOc1ccc2c(c1)OCC2. The minimum absolute atomic E-state index is 0.0463. The quantitative estimate of drug-likeness (QED) is 0.773. The van der Waals surface area contributed by atoms with Gasteiger partial charge in [0.05, 0.1) is 12.4 Å². The van der Waals surface area contributed by atoms with E-state index in [1.807, 2.05) is 6.07 Å². The van der Waals surface area contributed by atoms with Gasteiger partial charge in [-0.15, -0.1) is 0 Å². The second-order valence-corrected chi connectivity index (χ2v) is 6.36. The molecule has 2 rings (SSSR count). The van der Waals surface area contributed by atoms with Gasteiger partial charge in [0.25, 0.3) is 0 Å². The van der Waals surface area contributed by atoms with Gasteiger partial charge in [0.1, 0.15) is 18.1 Å². The van der Waals surface area contributed by atoms with Crippen molar-refractivity contribution in [2.75, 3.05) is 19.0 Å². The van der Waals surface area contributed by atoms with Crippen molar-refractivity contribution in [1.82, 2.24) is 0 Å². The van der Waals surface area contributed by atoms with Gasteiger partial charge in [-0.25, -0.2) is 8.42 Å². The molecule has 1 aliphatic heterocycles. The van der Waals surface area contributed by atoms with E-state index in [1.165, 1.54) is 0 Å². The first-order valence-electron chi connectivity index (χ1n) is 4.85. The molecule has 1 heterocycles. The van der Waals surface area contributed by atoms with Crippen LogP contribution in [-0.4, -0.2) is 27.4 Å². The van der Waals surface area contributed by atoms with Gasteiger partial charge >= 0.3 is 0 Å². The van der Waals surface area contributed by atoms with Crippen LogP contribution in [0.25, 0.3) is 0 Å². The van der Waals surface area contributed by atoms with Gasteiger partial charge in [-0.3, -0.25) is 0 Å². The fourth-order valence-corrected chi connectivity index (χ4v) is 1.97. The minimum Gasteiger partial charge on any atom is -0.493 e. The van der Waals surface area contributed by atoms with Crippen molar-refractivity contribution in [3.8, 4) is 11.5 Å². The van der Waals surface area contributed by atoms with E-state index in [1.54, 1.807) is 12.1 Å². The fraction of sp³-hybridized carbons (Fsp3) is 0.400. The maximum atomic E-state index is 10.7. The molecule has 1 aliphatic rings. The normalized spacial score (nSPS) is 14.3. The highest BCUT2D eigenvalue weighted by Gasteiger charge is 2.12. The monoisotopic (exact) mass is 262 g/mol. The van der Waals surface area contributed by atoms with Crippen LogP contribution >= 0.6 is 10.7 Å². The molecule has 0 bridgehead atoms. The van der Waals surface area contributed by atoms with E-state index in [0.717, 1.165) is 17.7 Å². The van der Waals surface area contributed by atoms with E-state index < -0.39 is 9.05 Å². The summed E-state index contributed by atoms with van der Waals surface area (Å²) in [6.45, 7) is 0.736. The van der Waals surface area contributed by atoms with Crippen LogP contribution in [0.15, 0.2) is 18.2 Å². The summed E-state index contributed by atoms with van der Waals surface area (Å²) in [4.78, 5) is 0. The van der Waals surface area contributed by atoms with Gasteiger partial charge in [0, 0.05) is 23.2 Å². The average molecular weight is 263 g/mol. The van der Waals surface area contributed by atoms with E-state index in [0.29, 0.717) is 12.4 Å². The Kier molecular flexibility index (Phi) is 3.25. The van der Waals surface area contributed by atoms with Gasteiger partial charge in [0.15, 0.2) is 0 Å². The Hall–Kier alpha value is -0.940. The minimum atomic E-state index is -3.49. The van der Waals surface area contributed by atoms with Crippen LogP contribution in [0, 0.1) is 0 Å². The summed E-state index contributed by atoms with van der Waals surface area (Å²) in [5.41, 5.74) is 1.15. The van der Waals surface area contributed by atoms with Crippen LogP contribution in [0.5, 0.6) is 11.5 Å². The highest BCUT2D eigenvalue weighted by atomic mass is 35.7. The Bertz CT molecular complexity index is 484. The molecule has 4 nitrogen and oxygen atoms in total. The first-order valence-corrected chi connectivity index (χ1v) is 7.33. The molecule has 0 fully saturated rings. The third-order valence-electron chi connectivity index (χ3n) is 2.26. The topological polar surface area (TPSA) is 52.6 Å². The van der Waals surface area contributed by atoms with Gasteiger partial charge in [0.2, 0.25) is 9.05 Å². The van der Waals surface area contributed by atoms with Crippen molar-refractivity contribution in [2.45, 2.75) is 6.42 Å². The highest BCUT2D eigenvalue weighted by molar-refractivity contribution is 8.13. The summed E-state index contributed by atoms with van der Waals surface area (Å²) in [5, 5.41) is 0. The largest absolute Gasteiger partial charge is 0.493 e. The van der Waals surface area contributed by atoms with E-state index in [2.05, 4.69) is 0 Å². The van der Waals surface area contributed by atoms with Crippen LogP contribution in [0.2, 0.25) is 0 Å². The lowest BCUT2D eigenvalue weighted by Crippen LogP contribution is -2.08. The summed E-state index contributed by atoms with van der Waals surface area (Å²) in [6.07, 6.45) is 0.908. The van der Waals surface area contributed by atoms with E-state index in [4.69, 9.17) is 20.2 Å². The Balaban J connectivity index is 1.95. The van der Waals surface area contributed by atoms with Gasteiger partial charge in [-0.1, -0.05) is 6.07 Å². The standard InChI is InChI=1S/C10H11ClO4S/c11-16(12,13)6-5-14-9-2-1-8-3-4-15-10(8)7-9/h1-2,7H,3-6H2. The lowest BCUT2D eigenvalue weighted by atomic mass is 10.2. The molecule has 0 saturated heterocycles. The molecule has 0 spiro atoms. The van der Waals surface area contributed by atoms with Crippen LogP contribution in [0.4, 0.5) is 0 Å². The molecule has 6 heteroatoms. The van der Waals surface area contributed by atoms with Gasteiger partial charge in [-0.2, -0.15) is 0 Å². The molecule has 0 radical (unpaired) electrons. The zero-order chi connectivity index (χ0) is 11.6. The van der Waals surface area contributed by atoms with Gasteiger partial charge < -0.3 is 9.47 Å². The lowest BCUT2D eigenvalue weighted by molar-refractivity contribution is 0.332. The molecular weight excluding hydrogens is 252 g/mol. The summed E-state index contributed by atoms with van der Waals surface area (Å²) >= 11 is 0. The third-order valence-corrected chi connectivity index (χ3v) is 3.38. The zero-order valence-electron chi connectivity index (χ0n) is 8.48. The molecule has 0 amide bonds. The van der Waals surface area contributed by atoms with Crippen molar-refractivity contribution >= 4 is 19.7 Å². The lowest BCUT2D eigenvalue weighted by Gasteiger charge is -2.06. The van der Waals surface area contributed by atoms with Crippen molar-refractivity contribution in [3.63, 3.8) is 0 Å². The maximum absolute atomic E-state index is 10.7. The Morgan fingerprint density at radius 1 is 1.44 bits per heavy atom. The van der Waals surface area contributed by atoms with Crippen LogP contribution < -0.4 is 9.47 Å². The zero-order valence-corrected chi connectivity index (χ0v) is 10.1. The van der Waals surface area contributed by atoms with Crippen molar-refractivity contribution in [1.29, 1.82) is 0 Å². The average Bonchev–Trinajstić information content (AvgIpc) is 2.62. The summed E-state index contributed by atoms with van der Waals surface area (Å²) in [7, 11) is 1.57. The maximum Gasteiger partial charge on any atom is 0.235 e. The second-order valence-electron chi connectivity index (χ2n) is 3.46. The van der Waals surface area contributed by atoms with E-state index >= 15 is 0 Å². The van der Waals surface area contributed by atoms with Crippen molar-refractivity contribution < 1.29 is 17.9 Å². The number of hydrogen-bond acceptors (Lipinski definition) is 4. The molecule has 1 aromatic carbocycles. The smallest absolute Gasteiger partial charge is 0.235 e. The molecule has 0 aromatic heterocycles. The second kappa shape index (κ2) is 4.51. The molecule has 0 unspecified atom stereocenters. The number of hydrogen-bond donors (Lipinski definition) is 0. The summed E-state index contributed by atoms with van der Waals surface area (Å²) < 4.78 is 32.0. The van der Waals surface area contributed by atoms with Crippen LogP contribution in [0.1, 0.15) is 5.56 Å². The number of ether oxygens (including phenoxy) is 2. The summed E-state index contributed by atoms with van der Waals surface area (Å²) in [6, 6.07) is 5.49. The van der Waals surface area contributed by atoms with Crippen LogP contribution in [-0.2, 0) is 15.5 Å². The Labute approximate surface area is 98.5 Å². The molecule has 16 heavy (non-hydrogen) atoms. The number of benzene rings is 1. The number of rotatable bonds is 4. The molecular formula is C10H11ClO4S. The fourth-order valence-electron chi connectivity index (χ4n) is 1.50. The first kappa shape index (κ1) is 11.5. The molecule has 0 aliphatic carbocycles. The van der Waals surface area contributed by atoms with Gasteiger partial charge in [-0.05, 0) is 11.6 Å². The molecule has 88 valence electrons. The Morgan fingerprint density at radius 2 is 2.25 bits per heavy atom. The molecule has 0 saturated carbocycles. The van der Waals surface area contributed by atoms with Crippen LogP contribution in [0.3, 0.4) is 0 Å². The Morgan fingerprint density at radius 3 is 3.00 bits per heavy atom. The summed E-state index contributed by atoms with van der Waals surface area (Å²) in [5.74, 6) is 1.21. The molecule has 1 aromatic rings.